The van der Waals surface area contributed by atoms with Crippen molar-refractivity contribution in [3.8, 4) is 11.5 Å². The molecule has 2 rings (SSSR count). The van der Waals surface area contributed by atoms with E-state index in [0.717, 1.165) is 0 Å². The van der Waals surface area contributed by atoms with Crippen LogP contribution in [-0.2, 0) is 9.59 Å². The molecular formula is C12H10ClNO5. The van der Waals surface area contributed by atoms with Gasteiger partial charge < -0.3 is 19.9 Å². The Morgan fingerprint density at radius 1 is 1.37 bits per heavy atom. The Hall–Kier alpha value is -2.21. The molecule has 0 saturated carbocycles. The predicted octanol–water partition coefficient (Wildman–Crippen LogP) is 1.63. The highest BCUT2D eigenvalue weighted by molar-refractivity contribution is 6.32. The SMILES string of the molecule is CC(=O)NC(=Cc1cc2c(cc1Cl)OCO2)C(=O)O. The molecule has 100 valence electrons. The van der Waals surface area contributed by atoms with Crippen molar-refractivity contribution < 1.29 is 24.2 Å². The molecule has 1 aliphatic rings. The van der Waals surface area contributed by atoms with Crippen molar-refractivity contribution in [3.63, 3.8) is 0 Å². The van der Waals surface area contributed by atoms with Crippen LogP contribution in [0.1, 0.15) is 12.5 Å². The summed E-state index contributed by atoms with van der Waals surface area (Å²) in [7, 11) is 0. The van der Waals surface area contributed by atoms with Crippen LogP contribution in [0.15, 0.2) is 17.8 Å². The topological polar surface area (TPSA) is 84.9 Å². The first kappa shape index (κ1) is 13.2. The normalized spacial score (nSPS) is 13.3. The largest absolute Gasteiger partial charge is 0.477 e. The molecule has 1 heterocycles. The zero-order valence-electron chi connectivity index (χ0n) is 9.90. The second-order valence-electron chi connectivity index (χ2n) is 3.77. The number of carboxylic acids is 1. The lowest BCUT2D eigenvalue weighted by Crippen LogP contribution is -2.24. The first-order valence-corrected chi connectivity index (χ1v) is 5.67. The Balaban J connectivity index is 2.40. The van der Waals surface area contributed by atoms with E-state index >= 15 is 0 Å². The van der Waals surface area contributed by atoms with Crippen LogP contribution in [0.5, 0.6) is 11.5 Å². The minimum Gasteiger partial charge on any atom is -0.477 e. The number of carbonyl (C=O) groups excluding carboxylic acids is 1. The number of carboxylic acid groups (broad SMARTS) is 1. The summed E-state index contributed by atoms with van der Waals surface area (Å²) < 4.78 is 10.3. The third kappa shape index (κ3) is 2.97. The summed E-state index contributed by atoms with van der Waals surface area (Å²) in [6, 6.07) is 3.08. The van der Waals surface area contributed by atoms with Crippen molar-refractivity contribution in [3.05, 3.63) is 28.4 Å². The molecular weight excluding hydrogens is 274 g/mol. The lowest BCUT2D eigenvalue weighted by atomic mass is 10.1. The van der Waals surface area contributed by atoms with Gasteiger partial charge in [0.25, 0.3) is 0 Å². The van der Waals surface area contributed by atoms with Crippen molar-refractivity contribution in [2.24, 2.45) is 0 Å². The lowest BCUT2D eigenvalue weighted by molar-refractivity contribution is -0.134. The first-order valence-electron chi connectivity index (χ1n) is 5.29. The highest BCUT2D eigenvalue weighted by Gasteiger charge is 2.17. The van der Waals surface area contributed by atoms with E-state index in [1.54, 1.807) is 6.07 Å². The molecule has 7 heteroatoms. The Morgan fingerprint density at radius 2 is 2.00 bits per heavy atom. The molecule has 2 N–H and O–H groups in total. The molecule has 0 spiro atoms. The second kappa shape index (κ2) is 5.19. The van der Waals surface area contributed by atoms with Gasteiger partial charge in [-0.15, -0.1) is 0 Å². The summed E-state index contributed by atoms with van der Waals surface area (Å²) in [6.45, 7) is 1.31. The molecule has 0 aromatic heterocycles. The molecule has 0 unspecified atom stereocenters. The number of nitrogens with one attached hydrogen (secondary N) is 1. The van der Waals surface area contributed by atoms with Crippen LogP contribution >= 0.6 is 11.6 Å². The Labute approximate surface area is 113 Å². The van der Waals surface area contributed by atoms with E-state index in [2.05, 4.69) is 5.32 Å². The Kier molecular flexibility index (Phi) is 3.62. The number of benzene rings is 1. The van der Waals surface area contributed by atoms with Crippen molar-refractivity contribution in [2.45, 2.75) is 6.92 Å². The first-order chi connectivity index (χ1) is 8.97. The fourth-order valence-electron chi connectivity index (χ4n) is 1.54. The summed E-state index contributed by atoms with van der Waals surface area (Å²) in [5.41, 5.74) is 0.144. The number of rotatable bonds is 3. The van der Waals surface area contributed by atoms with Gasteiger partial charge in [-0.2, -0.15) is 0 Å². The third-order valence-corrected chi connectivity index (χ3v) is 2.66. The van der Waals surface area contributed by atoms with Gasteiger partial charge in [-0.25, -0.2) is 4.79 Å². The van der Waals surface area contributed by atoms with E-state index in [4.69, 9.17) is 26.2 Å². The van der Waals surface area contributed by atoms with Gasteiger partial charge in [0.05, 0.1) is 5.02 Å². The van der Waals surface area contributed by atoms with Crippen LogP contribution in [0, 0.1) is 0 Å². The standard InChI is InChI=1S/C12H10ClNO5/c1-6(15)14-9(12(16)17)2-7-3-10-11(4-8(7)13)19-5-18-10/h2-4H,5H2,1H3,(H,14,15)(H,16,17). The summed E-state index contributed by atoms with van der Waals surface area (Å²) in [5, 5.41) is 11.5. The van der Waals surface area contributed by atoms with E-state index in [1.165, 1.54) is 19.1 Å². The van der Waals surface area contributed by atoms with E-state index in [9.17, 15) is 9.59 Å². The van der Waals surface area contributed by atoms with Crippen LogP contribution in [-0.4, -0.2) is 23.8 Å². The molecule has 1 aliphatic heterocycles. The minimum atomic E-state index is -1.26. The zero-order chi connectivity index (χ0) is 14.0. The van der Waals surface area contributed by atoms with Gasteiger partial charge >= 0.3 is 5.97 Å². The van der Waals surface area contributed by atoms with Crippen molar-refractivity contribution in [1.29, 1.82) is 0 Å². The smallest absolute Gasteiger partial charge is 0.352 e. The molecule has 1 amide bonds. The predicted molar refractivity (Wildman–Crippen MR) is 67.0 cm³/mol. The summed E-state index contributed by atoms with van der Waals surface area (Å²) in [4.78, 5) is 21.9. The van der Waals surface area contributed by atoms with Gasteiger partial charge in [0.2, 0.25) is 12.7 Å². The summed E-state index contributed by atoms with van der Waals surface area (Å²) in [6.07, 6.45) is 1.26. The highest BCUT2D eigenvalue weighted by atomic mass is 35.5. The zero-order valence-corrected chi connectivity index (χ0v) is 10.7. The average Bonchev–Trinajstić information content (AvgIpc) is 2.74. The molecule has 19 heavy (non-hydrogen) atoms. The monoisotopic (exact) mass is 283 g/mol. The maximum Gasteiger partial charge on any atom is 0.352 e. The summed E-state index contributed by atoms with van der Waals surface area (Å²) in [5.74, 6) is -0.767. The Morgan fingerprint density at radius 3 is 2.58 bits per heavy atom. The molecule has 0 aliphatic carbocycles. The van der Waals surface area contributed by atoms with Crippen molar-refractivity contribution >= 4 is 29.6 Å². The maximum atomic E-state index is 11.0. The second-order valence-corrected chi connectivity index (χ2v) is 4.18. The lowest BCUT2D eigenvalue weighted by Gasteiger charge is -2.05. The molecule has 0 radical (unpaired) electrons. The number of halogens is 1. The molecule has 0 atom stereocenters. The average molecular weight is 284 g/mol. The van der Waals surface area contributed by atoms with E-state index in [-0.39, 0.29) is 12.5 Å². The number of hydrogen-bond acceptors (Lipinski definition) is 4. The van der Waals surface area contributed by atoms with Crippen molar-refractivity contribution in [2.75, 3.05) is 6.79 Å². The summed E-state index contributed by atoms with van der Waals surface area (Å²) >= 11 is 6.01. The number of hydrogen-bond donors (Lipinski definition) is 2. The maximum absolute atomic E-state index is 11.0. The van der Waals surface area contributed by atoms with E-state index < -0.39 is 11.9 Å². The van der Waals surface area contributed by atoms with Crippen LogP contribution < -0.4 is 14.8 Å². The van der Waals surface area contributed by atoms with Gasteiger partial charge in [-0.3, -0.25) is 4.79 Å². The number of fused-ring (bicyclic) bond motifs is 1. The molecule has 6 nitrogen and oxygen atoms in total. The fourth-order valence-corrected chi connectivity index (χ4v) is 1.75. The van der Waals surface area contributed by atoms with Crippen LogP contribution in [0.25, 0.3) is 6.08 Å². The molecule has 1 aromatic carbocycles. The molecule has 1 aromatic rings. The van der Waals surface area contributed by atoms with Gasteiger partial charge in [0.1, 0.15) is 5.70 Å². The third-order valence-electron chi connectivity index (χ3n) is 2.33. The van der Waals surface area contributed by atoms with Crippen molar-refractivity contribution in [1.82, 2.24) is 5.32 Å². The number of aliphatic carboxylic acids is 1. The number of amides is 1. The minimum absolute atomic E-state index is 0.0936. The quantitative estimate of drug-likeness (QED) is 0.824. The van der Waals surface area contributed by atoms with Gasteiger partial charge in [0.15, 0.2) is 11.5 Å². The molecule has 0 bridgehead atoms. The Bertz CT molecular complexity index is 582. The number of ether oxygens (including phenoxy) is 2. The van der Waals surface area contributed by atoms with Gasteiger partial charge in [0, 0.05) is 13.0 Å². The van der Waals surface area contributed by atoms with Gasteiger partial charge in [-0.05, 0) is 17.7 Å². The van der Waals surface area contributed by atoms with E-state index in [1.807, 2.05) is 0 Å². The number of carbonyl (C=O) groups is 2. The molecule has 0 fully saturated rings. The van der Waals surface area contributed by atoms with Crippen LogP contribution in [0.2, 0.25) is 5.02 Å². The van der Waals surface area contributed by atoms with E-state index in [0.29, 0.717) is 22.1 Å². The highest BCUT2D eigenvalue weighted by Crippen LogP contribution is 2.37. The molecule has 0 saturated heterocycles. The van der Waals surface area contributed by atoms with Crippen LogP contribution in [0.3, 0.4) is 0 Å². The van der Waals surface area contributed by atoms with Gasteiger partial charge in [-0.1, -0.05) is 11.6 Å². The fraction of sp³-hybridized carbons (Fsp3) is 0.167. The van der Waals surface area contributed by atoms with Crippen LogP contribution in [0.4, 0.5) is 0 Å².